The van der Waals surface area contributed by atoms with Crippen molar-refractivity contribution in [1.29, 1.82) is 0 Å². The minimum absolute atomic E-state index is 0.0171. The molecule has 0 fully saturated rings. The molecule has 17 heteroatoms. The van der Waals surface area contributed by atoms with Crippen molar-refractivity contribution in [2.45, 2.75) is 76.2 Å². The number of esters is 2. The number of rotatable bonds is 22. The number of nitrogens with zero attached hydrogens (tertiary/aromatic N) is 2. The van der Waals surface area contributed by atoms with E-state index in [0.717, 1.165) is 5.56 Å². The number of benzene rings is 4. The summed E-state index contributed by atoms with van der Waals surface area (Å²) in [6.07, 6.45) is -4.24. The Hall–Kier alpha value is -7.27. The monoisotopic (exact) mass is 838 g/mol. The number of ether oxygens (including phenoxy) is 4. The Balaban J connectivity index is 1.70. The van der Waals surface area contributed by atoms with Gasteiger partial charge in [-0.2, -0.15) is 4.90 Å². The number of nitrogens with one attached hydrogen (secondary N) is 1. The molecule has 3 atom stereocenters. The predicted octanol–water partition coefficient (Wildman–Crippen LogP) is 4.31. The molecule has 0 aromatic heterocycles. The first-order chi connectivity index (χ1) is 29.4. The van der Waals surface area contributed by atoms with Crippen LogP contribution in [0.2, 0.25) is 0 Å². The van der Waals surface area contributed by atoms with Crippen molar-refractivity contribution in [2.24, 2.45) is 22.2 Å². The molecule has 4 rings (SSSR count). The number of carbonyl (C=O) groups is 6. The zero-order valence-corrected chi connectivity index (χ0v) is 33.4. The number of imide groups is 1. The number of aliphatic imine (C=N–C) groups is 1. The molecule has 17 nitrogen and oxygen atoms in total. The second-order valence-electron chi connectivity index (χ2n) is 13.7. The number of carboxylic acid groups (broad SMARTS) is 1. The highest BCUT2D eigenvalue weighted by Crippen LogP contribution is 2.29. The quantitative estimate of drug-likeness (QED) is 0.0185. The SMILES string of the molecule is NC(N)=NCCC[C@](C(=O)N[C@@H](CCCC(N)C(=O)OCc1ccccc1)C(=O)O)(C(=O)OCc1ccccc1)N(C(=O)OCc1ccccc1)C(=O)OCc1ccccc1. The lowest BCUT2D eigenvalue weighted by Gasteiger charge is -2.38. The van der Waals surface area contributed by atoms with Gasteiger partial charge >= 0.3 is 30.1 Å². The van der Waals surface area contributed by atoms with E-state index in [0.29, 0.717) is 16.7 Å². The average Bonchev–Trinajstić information content (AvgIpc) is 3.27. The summed E-state index contributed by atoms with van der Waals surface area (Å²) in [5.74, 6) is -5.41. The number of guanidine groups is 1. The topological polar surface area (TPSA) is 265 Å². The van der Waals surface area contributed by atoms with Crippen molar-refractivity contribution >= 4 is 42.0 Å². The van der Waals surface area contributed by atoms with Crippen molar-refractivity contribution < 1.29 is 52.8 Å². The third-order valence-electron chi connectivity index (χ3n) is 9.21. The van der Waals surface area contributed by atoms with Crippen molar-refractivity contribution in [3.05, 3.63) is 144 Å². The second kappa shape index (κ2) is 24.0. The molecule has 0 saturated heterocycles. The summed E-state index contributed by atoms with van der Waals surface area (Å²) in [5.41, 5.74) is 16.4. The lowest BCUT2D eigenvalue weighted by Crippen LogP contribution is -2.68. The minimum atomic E-state index is -2.97. The summed E-state index contributed by atoms with van der Waals surface area (Å²) < 4.78 is 22.1. The van der Waals surface area contributed by atoms with Crippen LogP contribution >= 0.6 is 0 Å². The van der Waals surface area contributed by atoms with Crippen LogP contribution in [0, 0.1) is 0 Å². The number of carbonyl (C=O) groups excluding carboxylic acids is 5. The molecular formula is C44H50N6O11. The fourth-order valence-electron chi connectivity index (χ4n) is 5.98. The highest BCUT2D eigenvalue weighted by atomic mass is 16.6. The Morgan fingerprint density at radius 3 is 1.48 bits per heavy atom. The van der Waals surface area contributed by atoms with Gasteiger partial charge in [0.1, 0.15) is 38.5 Å². The number of nitrogens with two attached hydrogens (primary N) is 3. The lowest BCUT2D eigenvalue weighted by molar-refractivity contribution is -0.165. The maximum atomic E-state index is 14.9. The molecule has 0 spiro atoms. The van der Waals surface area contributed by atoms with Gasteiger partial charge in [0.15, 0.2) is 5.96 Å². The van der Waals surface area contributed by atoms with Gasteiger partial charge < -0.3 is 46.6 Å². The Morgan fingerprint density at radius 2 is 1.05 bits per heavy atom. The molecule has 0 radical (unpaired) electrons. The van der Waals surface area contributed by atoms with Gasteiger partial charge in [-0.25, -0.2) is 19.2 Å². The van der Waals surface area contributed by atoms with Crippen molar-refractivity contribution in [1.82, 2.24) is 10.2 Å². The van der Waals surface area contributed by atoms with Gasteiger partial charge in [-0.05, 0) is 54.4 Å². The van der Waals surface area contributed by atoms with Gasteiger partial charge in [-0.1, -0.05) is 121 Å². The van der Waals surface area contributed by atoms with E-state index in [4.69, 9.17) is 36.1 Å². The van der Waals surface area contributed by atoms with Gasteiger partial charge in [0, 0.05) is 6.54 Å². The fraction of sp³-hybridized carbons (Fsp3) is 0.295. The number of hydrogen-bond acceptors (Lipinski definition) is 12. The Bertz CT molecular complexity index is 2020. The first-order valence-corrected chi connectivity index (χ1v) is 19.4. The van der Waals surface area contributed by atoms with E-state index < -0.39 is 79.9 Å². The van der Waals surface area contributed by atoms with E-state index >= 15 is 0 Å². The third kappa shape index (κ3) is 14.5. The van der Waals surface area contributed by atoms with Crippen LogP contribution < -0.4 is 22.5 Å². The first kappa shape index (κ1) is 46.4. The van der Waals surface area contributed by atoms with Crippen LogP contribution in [0.4, 0.5) is 9.59 Å². The molecule has 322 valence electrons. The molecule has 0 heterocycles. The molecule has 4 aromatic carbocycles. The molecule has 8 N–H and O–H groups in total. The lowest BCUT2D eigenvalue weighted by atomic mass is 9.89. The summed E-state index contributed by atoms with van der Waals surface area (Å²) >= 11 is 0. The summed E-state index contributed by atoms with van der Waals surface area (Å²) in [6, 6.07) is 31.2. The van der Waals surface area contributed by atoms with E-state index in [1.807, 2.05) is 6.07 Å². The van der Waals surface area contributed by atoms with Crippen LogP contribution in [0.1, 0.15) is 54.4 Å². The van der Waals surface area contributed by atoms with E-state index in [9.17, 15) is 33.9 Å². The van der Waals surface area contributed by atoms with Crippen molar-refractivity contribution in [3.63, 3.8) is 0 Å². The minimum Gasteiger partial charge on any atom is -0.480 e. The zero-order valence-electron chi connectivity index (χ0n) is 33.4. The summed E-state index contributed by atoms with van der Waals surface area (Å²) in [5, 5.41) is 12.7. The number of carboxylic acids is 1. The molecule has 61 heavy (non-hydrogen) atoms. The van der Waals surface area contributed by atoms with Crippen LogP contribution in [-0.2, 0) is 64.6 Å². The molecule has 1 unspecified atom stereocenters. The molecule has 4 aromatic rings. The molecule has 0 bridgehead atoms. The molecule has 0 aliphatic carbocycles. The molecule has 0 aliphatic heterocycles. The molecule has 0 saturated carbocycles. The van der Waals surface area contributed by atoms with Gasteiger partial charge in [-0.15, -0.1) is 0 Å². The average molecular weight is 839 g/mol. The number of aliphatic carboxylic acids is 1. The van der Waals surface area contributed by atoms with Gasteiger partial charge in [0.25, 0.3) is 5.91 Å². The predicted molar refractivity (Wildman–Crippen MR) is 222 cm³/mol. The smallest absolute Gasteiger partial charge is 0.421 e. The van der Waals surface area contributed by atoms with E-state index in [1.54, 1.807) is 115 Å². The van der Waals surface area contributed by atoms with Crippen molar-refractivity contribution in [3.8, 4) is 0 Å². The normalized spacial score (nSPS) is 12.6. The van der Waals surface area contributed by atoms with Gasteiger partial charge in [0.2, 0.25) is 5.54 Å². The number of amides is 3. The zero-order chi connectivity index (χ0) is 44.0. The van der Waals surface area contributed by atoms with Crippen LogP contribution in [0.15, 0.2) is 126 Å². The van der Waals surface area contributed by atoms with Crippen LogP contribution in [0.25, 0.3) is 0 Å². The number of hydrogen-bond donors (Lipinski definition) is 5. The van der Waals surface area contributed by atoms with E-state index in [1.165, 1.54) is 0 Å². The van der Waals surface area contributed by atoms with E-state index in [2.05, 4.69) is 10.3 Å². The molecule has 0 aliphatic rings. The highest BCUT2D eigenvalue weighted by molar-refractivity contribution is 6.13. The molecular weight excluding hydrogens is 789 g/mol. The van der Waals surface area contributed by atoms with Crippen LogP contribution in [-0.4, -0.2) is 76.1 Å². The second-order valence-corrected chi connectivity index (χ2v) is 13.7. The Morgan fingerprint density at radius 1 is 0.623 bits per heavy atom. The standard InChI is InChI=1S/C44H50N6O11/c45-35(38(53)58-27-31-15-5-1-6-16-31)23-13-24-36(37(51)52)49-39(54)44(25-14-26-48-41(46)47,40(55)59-28-32-17-7-2-8-18-32)50(42(56)60-29-33-19-9-3-10-20-33)43(57)61-30-34-21-11-4-12-22-34/h1-12,15-22,35-36H,13-14,23-30,45H2,(H,49,54)(H,51,52)(H4,46,47,48)/t35?,36-,44-/m0/s1. The Labute approximate surface area is 352 Å². The maximum Gasteiger partial charge on any atom is 0.421 e. The summed E-state index contributed by atoms with van der Waals surface area (Å²) in [7, 11) is 0. The highest BCUT2D eigenvalue weighted by Gasteiger charge is 2.59. The summed E-state index contributed by atoms with van der Waals surface area (Å²) in [4.78, 5) is 87.6. The van der Waals surface area contributed by atoms with Gasteiger partial charge in [0.05, 0.1) is 0 Å². The molecule has 3 amide bonds. The first-order valence-electron chi connectivity index (χ1n) is 19.4. The summed E-state index contributed by atoms with van der Waals surface area (Å²) in [6.45, 7) is -1.45. The van der Waals surface area contributed by atoms with Crippen molar-refractivity contribution in [2.75, 3.05) is 6.54 Å². The van der Waals surface area contributed by atoms with Crippen LogP contribution in [0.5, 0.6) is 0 Å². The van der Waals surface area contributed by atoms with Gasteiger partial charge in [-0.3, -0.25) is 14.6 Å². The van der Waals surface area contributed by atoms with Crippen LogP contribution in [0.3, 0.4) is 0 Å². The third-order valence-corrected chi connectivity index (χ3v) is 9.21. The maximum absolute atomic E-state index is 14.9. The fourth-order valence-corrected chi connectivity index (χ4v) is 5.98. The van der Waals surface area contributed by atoms with E-state index in [-0.39, 0.29) is 49.7 Å². The Kier molecular flexibility index (Phi) is 18.2. The largest absolute Gasteiger partial charge is 0.480 e.